The standard InChI is InChI=1S/C13H21N3O2/c1-10(2)15-12-7-13(17)16(14-8-12)9-11-3-5-18-6-4-11/h7-8,10-11,15H,3-6,9H2,1-2H3. The summed E-state index contributed by atoms with van der Waals surface area (Å²) in [7, 11) is 0. The van der Waals surface area contributed by atoms with Crippen molar-refractivity contribution in [2.45, 2.75) is 39.3 Å². The predicted octanol–water partition coefficient (Wildman–Crippen LogP) is 1.49. The lowest BCUT2D eigenvalue weighted by molar-refractivity contribution is 0.0596. The lowest BCUT2D eigenvalue weighted by atomic mass is 10.0. The van der Waals surface area contributed by atoms with Crippen LogP contribution in [-0.4, -0.2) is 29.0 Å². The summed E-state index contributed by atoms with van der Waals surface area (Å²) in [5.74, 6) is 0.507. The molecule has 1 saturated heterocycles. The zero-order valence-corrected chi connectivity index (χ0v) is 11.1. The Morgan fingerprint density at radius 3 is 2.83 bits per heavy atom. The van der Waals surface area contributed by atoms with Gasteiger partial charge in [0.25, 0.3) is 5.56 Å². The van der Waals surface area contributed by atoms with E-state index in [2.05, 4.69) is 10.4 Å². The molecular weight excluding hydrogens is 230 g/mol. The molecule has 1 aliphatic rings. The number of anilines is 1. The van der Waals surface area contributed by atoms with Crippen LogP contribution in [0.15, 0.2) is 17.1 Å². The van der Waals surface area contributed by atoms with E-state index in [9.17, 15) is 4.79 Å². The quantitative estimate of drug-likeness (QED) is 0.881. The van der Waals surface area contributed by atoms with E-state index >= 15 is 0 Å². The third-order valence-corrected chi connectivity index (χ3v) is 3.10. The zero-order chi connectivity index (χ0) is 13.0. The number of nitrogens with one attached hydrogen (secondary N) is 1. The van der Waals surface area contributed by atoms with Gasteiger partial charge in [-0.05, 0) is 32.6 Å². The van der Waals surface area contributed by atoms with E-state index in [4.69, 9.17) is 4.74 Å². The van der Waals surface area contributed by atoms with Crippen molar-refractivity contribution in [1.29, 1.82) is 0 Å². The van der Waals surface area contributed by atoms with Crippen molar-refractivity contribution in [3.63, 3.8) is 0 Å². The molecule has 0 spiro atoms. The molecule has 2 heterocycles. The van der Waals surface area contributed by atoms with Gasteiger partial charge >= 0.3 is 0 Å². The van der Waals surface area contributed by atoms with E-state index in [0.717, 1.165) is 31.7 Å². The maximum Gasteiger partial charge on any atom is 0.268 e. The van der Waals surface area contributed by atoms with Crippen molar-refractivity contribution < 1.29 is 4.74 Å². The van der Waals surface area contributed by atoms with Crippen molar-refractivity contribution in [1.82, 2.24) is 9.78 Å². The Kier molecular flexibility index (Phi) is 4.36. The minimum atomic E-state index is -0.0351. The van der Waals surface area contributed by atoms with Crippen molar-refractivity contribution >= 4 is 5.69 Å². The SMILES string of the molecule is CC(C)Nc1cnn(CC2CCOCC2)c(=O)c1. The molecule has 5 nitrogen and oxygen atoms in total. The fraction of sp³-hybridized carbons (Fsp3) is 0.692. The number of hydrogen-bond donors (Lipinski definition) is 1. The minimum absolute atomic E-state index is 0.0351. The van der Waals surface area contributed by atoms with E-state index in [1.54, 1.807) is 16.9 Å². The van der Waals surface area contributed by atoms with E-state index < -0.39 is 0 Å². The van der Waals surface area contributed by atoms with Gasteiger partial charge < -0.3 is 10.1 Å². The van der Waals surface area contributed by atoms with Gasteiger partial charge in [-0.3, -0.25) is 4.79 Å². The van der Waals surface area contributed by atoms with Crippen molar-refractivity contribution in [2.24, 2.45) is 5.92 Å². The smallest absolute Gasteiger partial charge is 0.268 e. The van der Waals surface area contributed by atoms with Gasteiger partial charge in [-0.1, -0.05) is 0 Å². The lowest BCUT2D eigenvalue weighted by Gasteiger charge is -2.22. The van der Waals surface area contributed by atoms with Crippen LogP contribution in [0.5, 0.6) is 0 Å². The average Bonchev–Trinajstić information content (AvgIpc) is 2.33. The summed E-state index contributed by atoms with van der Waals surface area (Å²) in [6.45, 7) is 6.37. The van der Waals surface area contributed by atoms with Gasteiger partial charge in [0.1, 0.15) is 0 Å². The summed E-state index contributed by atoms with van der Waals surface area (Å²) in [6, 6.07) is 1.92. The van der Waals surface area contributed by atoms with Crippen molar-refractivity contribution in [3.8, 4) is 0 Å². The third kappa shape index (κ3) is 3.57. The zero-order valence-electron chi connectivity index (χ0n) is 11.1. The fourth-order valence-electron chi connectivity index (χ4n) is 2.16. The molecule has 0 unspecified atom stereocenters. The van der Waals surface area contributed by atoms with Crippen LogP contribution in [-0.2, 0) is 11.3 Å². The average molecular weight is 251 g/mol. The highest BCUT2D eigenvalue weighted by atomic mass is 16.5. The molecule has 100 valence electrons. The van der Waals surface area contributed by atoms with Crippen LogP contribution in [0.2, 0.25) is 0 Å². The molecule has 1 fully saturated rings. The molecule has 0 bridgehead atoms. The molecule has 1 aromatic heterocycles. The van der Waals surface area contributed by atoms with Gasteiger partial charge in [0.15, 0.2) is 0 Å². The second-order valence-electron chi connectivity index (χ2n) is 5.12. The number of ether oxygens (including phenoxy) is 1. The molecule has 0 radical (unpaired) electrons. The van der Waals surface area contributed by atoms with Crippen LogP contribution in [0.25, 0.3) is 0 Å². The first-order chi connectivity index (χ1) is 8.65. The summed E-state index contributed by atoms with van der Waals surface area (Å²) < 4.78 is 6.87. The monoisotopic (exact) mass is 251 g/mol. The topological polar surface area (TPSA) is 56.1 Å². The highest BCUT2D eigenvalue weighted by Gasteiger charge is 2.15. The maximum atomic E-state index is 11.9. The maximum absolute atomic E-state index is 11.9. The molecule has 18 heavy (non-hydrogen) atoms. The predicted molar refractivity (Wildman–Crippen MR) is 70.8 cm³/mol. The van der Waals surface area contributed by atoms with Crippen LogP contribution < -0.4 is 10.9 Å². The minimum Gasteiger partial charge on any atom is -0.381 e. The second kappa shape index (κ2) is 6.00. The van der Waals surface area contributed by atoms with E-state index in [-0.39, 0.29) is 5.56 Å². The molecule has 0 saturated carbocycles. The Morgan fingerprint density at radius 1 is 1.50 bits per heavy atom. The summed E-state index contributed by atoms with van der Waals surface area (Å²) >= 11 is 0. The Hall–Kier alpha value is -1.36. The molecule has 1 N–H and O–H groups in total. The first-order valence-corrected chi connectivity index (χ1v) is 6.56. The number of aromatic nitrogens is 2. The molecule has 5 heteroatoms. The largest absolute Gasteiger partial charge is 0.381 e. The number of hydrogen-bond acceptors (Lipinski definition) is 4. The fourth-order valence-corrected chi connectivity index (χ4v) is 2.16. The Bertz CT molecular complexity index is 436. The van der Waals surface area contributed by atoms with Crippen LogP contribution in [0.3, 0.4) is 0 Å². The molecular formula is C13H21N3O2. The summed E-state index contributed by atoms with van der Waals surface area (Å²) in [6.07, 6.45) is 3.75. The molecule has 1 aliphatic heterocycles. The van der Waals surface area contributed by atoms with Crippen LogP contribution in [0, 0.1) is 5.92 Å². The van der Waals surface area contributed by atoms with Crippen LogP contribution in [0.1, 0.15) is 26.7 Å². The second-order valence-corrected chi connectivity index (χ2v) is 5.12. The summed E-state index contributed by atoms with van der Waals surface area (Å²) in [5.41, 5.74) is 0.755. The molecule has 0 aliphatic carbocycles. The highest BCUT2D eigenvalue weighted by Crippen LogP contribution is 2.15. The van der Waals surface area contributed by atoms with Gasteiger partial charge in [-0.2, -0.15) is 5.10 Å². The van der Waals surface area contributed by atoms with E-state index in [1.807, 2.05) is 13.8 Å². The molecule has 1 aromatic rings. The molecule has 2 rings (SSSR count). The first kappa shape index (κ1) is 13.1. The van der Waals surface area contributed by atoms with Crippen molar-refractivity contribution in [3.05, 3.63) is 22.6 Å². The summed E-state index contributed by atoms with van der Waals surface area (Å²) in [4.78, 5) is 11.9. The lowest BCUT2D eigenvalue weighted by Crippen LogP contribution is -2.29. The van der Waals surface area contributed by atoms with Crippen LogP contribution >= 0.6 is 0 Å². The van der Waals surface area contributed by atoms with Gasteiger partial charge in [0.05, 0.1) is 11.9 Å². The number of nitrogens with zero attached hydrogens (tertiary/aromatic N) is 2. The van der Waals surface area contributed by atoms with Crippen LogP contribution in [0.4, 0.5) is 5.69 Å². The summed E-state index contributed by atoms with van der Waals surface area (Å²) in [5, 5.41) is 7.41. The Morgan fingerprint density at radius 2 is 2.22 bits per heavy atom. The Labute approximate surface area is 107 Å². The van der Waals surface area contributed by atoms with Crippen molar-refractivity contribution in [2.75, 3.05) is 18.5 Å². The van der Waals surface area contributed by atoms with E-state index in [1.165, 1.54) is 0 Å². The third-order valence-electron chi connectivity index (χ3n) is 3.10. The normalized spacial score (nSPS) is 17.1. The Balaban J connectivity index is 2.02. The molecule has 0 atom stereocenters. The van der Waals surface area contributed by atoms with Gasteiger partial charge in [0, 0.05) is 31.9 Å². The van der Waals surface area contributed by atoms with Gasteiger partial charge in [-0.25, -0.2) is 4.68 Å². The number of rotatable bonds is 4. The molecule has 0 aromatic carbocycles. The highest BCUT2D eigenvalue weighted by molar-refractivity contribution is 5.39. The first-order valence-electron chi connectivity index (χ1n) is 6.56. The van der Waals surface area contributed by atoms with Gasteiger partial charge in [-0.15, -0.1) is 0 Å². The van der Waals surface area contributed by atoms with E-state index in [0.29, 0.717) is 18.5 Å². The van der Waals surface area contributed by atoms with Gasteiger partial charge in [0.2, 0.25) is 0 Å². The molecule has 0 amide bonds.